The number of alkyl halides is 1. The SMILES string of the molecule is CS(=O)(=O)O.C[18F]. The van der Waals surface area contributed by atoms with Crippen LogP contribution >= 0.6 is 0 Å². The summed E-state index contributed by atoms with van der Waals surface area (Å²) in [6.07, 6.45) is 0.715. The van der Waals surface area contributed by atoms with Gasteiger partial charge in [0.05, 0.1) is 13.4 Å². The molecule has 5 heteroatoms. The number of hydrogen-bond donors (Lipinski definition) is 1. The van der Waals surface area contributed by atoms with E-state index in [4.69, 9.17) is 4.55 Å². The van der Waals surface area contributed by atoms with Crippen molar-refractivity contribution in [1.29, 1.82) is 0 Å². The first-order valence-corrected chi connectivity index (χ1v) is 3.15. The second kappa shape index (κ2) is 4.01. The highest BCUT2D eigenvalue weighted by molar-refractivity contribution is 7.85. The van der Waals surface area contributed by atoms with Crippen molar-refractivity contribution in [3.05, 3.63) is 0 Å². The molecule has 0 aliphatic carbocycles. The Kier molecular flexibility index (Phi) is 5.71. The molecule has 0 saturated heterocycles. The van der Waals surface area contributed by atoms with Crippen LogP contribution in [0.15, 0.2) is 0 Å². The normalized spacial score (nSPS) is 9.14. The molecule has 0 atom stereocenters. The van der Waals surface area contributed by atoms with Crippen LogP contribution in [-0.4, -0.2) is 26.4 Å². The van der Waals surface area contributed by atoms with Crippen molar-refractivity contribution in [1.82, 2.24) is 0 Å². The van der Waals surface area contributed by atoms with Crippen LogP contribution in [0.1, 0.15) is 0 Å². The summed E-state index contributed by atoms with van der Waals surface area (Å²) in [5.41, 5.74) is 0. The Morgan fingerprint density at radius 2 is 1.43 bits per heavy atom. The fourth-order valence-corrected chi connectivity index (χ4v) is 0. The van der Waals surface area contributed by atoms with Crippen LogP contribution in [0.5, 0.6) is 0 Å². The van der Waals surface area contributed by atoms with Crippen molar-refractivity contribution in [3.63, 3.8) is 0 Å². The molecule has 0 fully saturated rings. The van der Waals surface area contributed by atoms with Crippen molar-refractivity contribution >= 4 is 10.1 Å². The molecule has 0 aromatic rings. The summed E-state index contributed by atoms with van der Waals surface area (Å²) in [5, 5.41) is 0. The van der Waals surface area contributed by atoms with Gasteiger partial charge in [-0.1, -0.05) is 0 Å². The second-order valence-electron chi connectivity index (χ2n) is 0.733. The van der Waals surface area contributed by atoms with E-state index in [1.165, 1.54) is 0 Å². The zero-order chi connectivity index (χ0) is 6.50. The first kappa shape index (κ1) is 9.96. The molecule has 0 radical (unpaired) electrons. The minimum atomic E-state index is -3.67. The first-order valence-electron chi connectivity index (χ1n) is 1.30. The van der Waals surface area contributed by atoms with Gasteiger partial charge in [0.15, 0.2) is 0 Å². The molecule has 1 N–H and O–H groups in total. The summed E-state index contributed by atoms with van der Waals surface area (Å²) in [6.45, 7) is 0. The molecule has 0 unspecified atom stereocenters. The maximum atomic E-state index is 9.50. The number of rotatable bonds is 0. The molecule has 0 aromatic heterocycles. The molecule has 0 saturated carbocycles. The second-order valence-corrected chi connectivity index (χ2v) is 2.20. The molecule has 0 bridgehead atoms. The third-order valence-electron chi connectivity index (χ3n) is 0. The lowest BCUT2D eigenvalue weighted by Gasteiger charge is -1.69. The van der Waals surface area contributed by atoms with Gasteiger partial charge in [0.2, 0.25) is 0 Å². The van der Waals surface area contributed by atoms with Crippen molar-refractivity contribution in [2.24, 2.45) is 0 Å². The molecule has 0 rings (SSSR count). The van der Waals surface area contributed by atoms with E-state index in [0.29, 0.717) is 13.4 Å². The molecule has 0 aliphatic heterocycles. The highest BCUT2D eigenvalue weighted by atomic mass is 32.2. The van der Waals surface area contributed by atoms with Gasteiger partial charge in [-0.05, 0) is 0 Å². The Labute approximate surface area is 41.9 Å². The van der Waals surface area contributed by atoms with Gasteiger partial charge >= 0.3 is 0 Å². The van der Waals surface area contributed by atoms with Crippen molar-refractivity contribution in [2.75, 3.05) is 13.4 Å². The number of hydrogen-bond acceptors (Lipinski definition) is 2. The summed E-state index contributed by atoms with van der Waals surface area (Å²) >= 11 is 0. The summed E-state index contributed by atoms with van der Waals surface area (Å²) in [7, 11) is -3.17. The molecule has 0 aliphatic rings. The highest BCUT2D eigenvalue weighted by Crippen LogP contribution is 1.60. The lowest BCUT2D eigenvalue weighted by Crippen LogP contribution is -1.88. The molecule has 7 heavy (non-hydrogen) atoms. The fraction of sp³-hybridized carbons (Fsp3) is 1.00. The Bertz CT molecular complexity index is 96.1. The van der Waals surface area contributed by atoms with Crippen LogP contribution in [0.25, 0.3) is 0 Å². The lowest BCUT2D eigenvalue weighted by atomic mass is 11.8. The van der Waals surface area contributed by atoms with Crippen LogP contribution in [0.2, 0.25) is 0 Å². The van der Waals surface area contributed by atoms with Crippen LogP contribution in [0.4, 0.5) is 4.39 Å². The van der Waals surface area contributed by atoms with E-state index in [-0.39, 0.29) is 0 Å². The molecular weight excluding hydrogens is 122 g/mol. The highest BCUT2D eigenvalue weighted by Gasteiger charge is 1.81. The van der Waals surface area contributed by atoms with E-state index in [1.54, 1.807) is 0 Å². The Morgan fingerprint density at radius 3 is 1.43 bits per heavy atom. The standard InChI is InChI=1S/CH3F.CH4O3S/c1-2;1-5(2,3)4/h1H3;1H3,(H,2,3,4)/i2-1;. The summed E-state index contributed by atoms with van der Waals surface area (Å²) < 4.78 is 35.4. The zero-order valence-electron chi connectivity index (χ0n) is 4.05. The molecule has 3 nitrogen and oxygen atoms in total. The van der Waals surface area contributed by atoms with E-state index in [0.717, 1.165) is 0 Å². The minimum Gasteiger partial charge on any atom is -0.286 e. The average Bonchev–Trinajstić information content (AvgIpc) is 1.36. The Morgan fingerprint density at radius 1 is 1.43 bits per heavy atom. The Balaban J connectivity index is 0. The number of halogens is 1. The maximum absolute atomic E-state index is 9.50. The van der Waals surface area contributed by atoms with E-state index < -0.39 is 10.1 Å². The molecule has 0 aromatic carbocycles. The van der Waals surface area contributed by atoms with E-state index >= 15 is 0 Å². The van der Waals surface area contributed by atoms with Crippen LogP contribution in [0.3, 0.4) is 0 Å². The Hall–Kier alpha value is -0.160. The van der Waals surface area contributed by atoms with E-state index in [9.17, 15) is 12.8 Å². The van der Waals surface area contributed by atoms with Crippen molar-refractivity contribution < 1.29 is 17.4 Å². The topological polar surface area (TPSA) is 54.4 Å². The molecule has 0 spiro atoms. The van der Waals surface area contributed by atoms with Gasteiger partial charge in [-0.25, -0.2) is 0 Å². The quantitative estimate of drug-likeness (QED) is 0.471. The summed E-state index contributed by atoms with van der Waals surface area (Å²) in [6, 6.07) is 0. The van der Waals surface area contributed by atoms with Crippen molar-refractivity contribution in [2.45, 2.75) is 0 Å². The van der Waals surface area contributed by atoms with Gasteiger partial charge in [0.25, 0.3) is 10.1 Å². The van der Waals surface area contributed by atoms with Crippen molar-refractivity contribution in [3.8, 4) is 0 Å². The predicted molar refractivity (Wildman–Crippen MR) is 24.5 cm³/mol. The molecular formula is C2H7FO3S. The van der Waals surface area contributed by atoms with E-state index in [2.05, 4.69) is 0 Å². The van der Waals surface area contributed by atoms with E-state index in [1.807, 2.05) is 0 Å². The maximum Gasteiger partial charge on any atom is 0.261 e. The van der Waals surface area contributed by atoms with Crippen LogP contribution in [0, 0.1) is 0 Å². The first-order chi connectivity index (χ1) is 3.00. The molecule has 0 amide bonds. The van der Waals surface area contributed by atoms with Gasteiger partial charge < -0.3 is 0 Å². The fourth-order valence-electron chi connectivity index (χ4n) is 0. The minimum absolute atomic E-state index is 0.500. The third kappa shape index (κ3) is 3360. The van der Waals surface area contributed by atoms with Gasteiger partial charge in [0.1, 0.15) is 0 Å². The van der Waals surface area contributed by atoms with Gasteiger partial charge in [-0.3, -0.25) is 8.94 Å². The molecule has 46 valence electrons. The third-order valence-corrected chi connectivity index (χ3v) is 0. The monoisotopic (exact) mass is 129 g/mol. The van der Waals surface area contributed by atoms with Crippen LogP contribution in [-0.2, 0) is 10.1 Å². The average molecular weight is 129 g/mol. The van der Waals surface area contributed by atoms with Crippen LogP contribution < -0.4 is 0 Å². The largest absolute Gasteiger partial charge is 0.286 e. The zero-order valence-corrected chi connectivity index (χ0v) is 4.87. The predicted octanol–water partition coefficient (Wildman–Crippen LogP) is 0.0897. The lowest BCUT2D eigenvalue weighted by molar-refractivity contribution is 0.490. The van der Waals surface area contributed by atoms with Gasteiger partial charge in [0, 0.05) is 0 Å². The van der Waals surface area contributed by atoms with Gasteiger partial charge in [-0.2, -0.15) is 8.42 Å². The van der Waals surface area contributed by atoms with Gasteiger partial charge in [-0.15, -0.1) is 0 Å². The molecule has 0 heterocycles. The summed E-state index contributed by atoms with van der Waals surface area (Å²) in [5.74, 6) is 0. The smallest absolute Gasteiger partial charge is 0.261 e. The summed E-state index contributed by atoms with van der Waals surface area (Å²) in [4.78, 5) is 0.